The van der Waals surface area contributed by atoms with Gasteiger partial charge in [-0.05, 0) is 70.1 Å². The Morgan fingerprint density at radius 3 is 2.32 bits per heavy atom. The Bertz CT molecular complexity index is 844. The van der Waals surface area contributed by atoms with Crippen LogP contribution in [0.2, 0.25) is 0 Å². The van der Waals surface area contributed by atoms with Crippen molar-refractivity contribution in [2.45, 2.75) is 73.1 Å². The lowest BCUT2D eigenvalue weighted by Crippen LogP contribution is -2.21. The highest BCUT2D eigenvalue weighted by Crippen LogP contribution is 2.22. The summed E-state index contributed by atoms with van der Waals surface area (Å²) in [6, 6.07) is 0. The van der Waals surface area contributed by atoms with Crippen molar-refractivity contribution in [1.82, 2.24) is 9.62 Å². The van der Waals surface area contributed by atoms with Gasteiger partial charge in [-0.1, -0.05) is 49.7 Å². The first-order chi connectivity index (χ1) is 17.7. The van der Waals surface area contributed by atoms with Gasteiger partial charge in [0, 0.05) is 31.3 Å². The van der Waals surface area contributed by atoms with E-state index in [0.29, 0.717) is 30.0 Å². The van der Waals surface area contributed by atoms with Crippen LogP contribution in [-0.4, -0.2) is 58.6 Å². The first kappa shape index (κ1) is 40.1. The summed E-state index contributed by atoms with van der Waals surface area (Å²) in [5.74, 6) is 2.81. The Morgan fingerprint density at radius 1 is 1.34 bits per heavy atom. The van der Waals surface area contributed by atoms with Crippen molar-refractivity contribution in [3.8, 4) is 0 Å². The van der Waals surface area contributed by atoms with Crippen LogP contribution in [0.4, 0.5) is 0 Å². The van der Waals surface area contributed by atoms with E-state index in [1.54, 1.807) is 34.2 Å². The number of carbonyl (C=O) groups excluding carboxylic acids is 1. The number of nitrogens with one attached hydrogen (secondary N) is 1. The van der Waals surface area contributed by atoms with E-state index in [4.69, 9.17) is 15.6 Å². The molecule has 1 rings (SSSR count). The van der Waals surface area contributed by atoms with Crippen molar-refractivity contribution in [3.63, 3.8) is 0 Å². The molecule has 1 aliphatic rings. The van der Waals surface area contributed by atoms with E-state index >= 15 is 0 Å². The molecule has 0 radical (unpaired) electrons. The smallest absolute Gasteiger partial charge is 0.243 e. The van der Waals surface area contributed by atoms with Crippen LogP contribution in [0.1, 0.15) is 68.2 Å². The van der Waals surface area contributed by atoms with Crippen LogP contribution in [0.15, 0.2) is 56.7 Å². The van der Waals surface area contributed by atoms with E-state index in [0.717, 1.165) is 36.3 Å². The summed E-state index contributed by atoms with van der Waals surface area (Å²) in [7, 11) is 3.38. The van der Waals surface area contributed by atoms with Crippen molar-refractivity contribution in [1.29, 1.82) is 0 Å². The second-order valence-electron chi connectivity index (χ2n) is 8.63. The van der Waals surface area contributed by atoms with Gasteiger partial charge in [0.05, 0.1) is 18.6 Å². The molecule has 0 aliphatic carbocycles. The van der Waals surface area contributed by atoms with Crippen molar-refractivity contribution in [2.24, 2.45) is 27.0 Å². The molecule has 1 amide bonds. The average Bonchev–Trinajstić information content (AvgIpc) is 3.13. The van der Waals surface area contributed by atoms with Gasteiger partial charge in [0.2, 0.25) is 17.6 Å². The fraction of sp³-hybridized carbons (Fsp3) is 0.593. The second-order valence-corrected chi connectivity index (χ2v) is 10.7. The number of nitrogens with two attached hydrogens (primary N) is 1. The largest absolute Gasteiger partial charge is 0.513 e. The molecule has 3 unspecified atom stereocenters. The molecule has 0 saturated heterocycles. The van der Waals surface area contributed by atoms with Crippen LogP contribution < -0.4 is 10.5 Å². The van der Waals surface area contributed by atoms with Crippen LogP contribution in [0, 0.1) is 11.8 Å². The summed E-state index contributed by atoms with van der Waals surface area (Å²) in [6.07, 6.45) is 10.3. The number of aliphatic hydroxyl groups is 1. The van der Waals surface area contributed by atoms with Crippen molar-refractivity contribution in [3.05, 3.63) is 47.3 Å². The molecule has 0 spiro atoms. The highest BCUT2D eigenvalue weighted by Gasteiger charge is 2.12. The molecule has 0 aromatic carbocycles. The number of carbonyl (C=O) groups is 1. The Hall–Kier alpha value is -2.40. The zero-order chi connectivity index (χ0) is 30.3. The molecule has 220 valence electrons. The fourth-order valence-electron chi connectivity index (χ4n) is 2.30. The van der Waals surface area contributed by atoms with E-state index in [9.17, 15) is 9.00 Å². The molecule has 3 atom stereocenters. The van der Waals surface area contributed by atoms with Crippen LogP contribution in [0.3, 0.4) is 0 Å². The molecule has 1 heterocycles. The molecule has 4 N–H and O–H groups in total. The maximum absolute atomic E-state index is 11.1. The quantitative estimate of drug-likeness (QED) is 0.0965. The molecular weight excluding hydrogens is 570 g/mol. The van der Waals surface area contributed by atoms with E-state index in [-0.39, 0.29) is 4.83 Å². The SMILES string of the molecule is C/C(N)=C\CC(Br)/C(C)=C(\C)O.C=NS(=O)NC(C)=NCC1=CCC(C(C)C)C=CO1.CC.CN(C)C=O. The van der Waals surface area contributed by atoms with Gasteiger partial charge in [0.15, 0.2) is 0 Å². The molecule has 0 saturated carbocycles. The van der Waals surface area contributed by atoms with Crippen LogP contribution in [0.25, 0.3) is 0 Å². The number of aliphatic imine (C=N–C) groups is 1. The lowest BCUT2D eigenvalue weighted by atomic mass is 9.93. The maximum Gasteiger partial charge on any atom is 0.243 e. The first-order valence-electron chi connectivity index (χ1n) is 12.5. The highest BCUT2D eigenvalue weighted by atomic mass is 79.9. The Kier molecular flexibility index (Phi) is 26.3. The molecule has 0 fully saturated rings. The topological polar surface area (TPSA) is 130 Å². The minimum absolute atomic E-state index is 0.181. The van der Waals surface area contributed by atoms with Crippen molar-refractivity contribution in [2.75, 3.05) is 20.6 Å². The minimum atomic E-state index is -1.52. The first-order valence-corrected chi connectivity index (χ1v) is 14.5. The number of nitrogens with zero attached hydrogens (tertiary/aromatic N) is 3. The van der Waals surface area contributed by atoms with Gasteiger partial charge in [0.1, 0.15) is 11.6 Å². The van der Waals surface area contributed by atoms with Gasteiger partial charge in [0.25, 0.3) is 0 Å². The normalized spacial score (nSPS) is 17.2. The van der Waals surface area contributed by atoms with E-state index in [1.807, 2.05) is 33.8 Å². The summed E-state index contributed by atoms with van der Waals surface area (Å²) >= 11 is 1.93. The minimum Gasteiger partial charge on any atom is -0.513 e. The van der Waals surface area contributed by atoms with Gasteiger partial charge < -0.3 is 20.5 Å². The third-order valence-electron chi connectivity index (χ3n) is 4.74. The number of hydrogen-bond donors (Lipinski definition) is 3. The van der Waals surface area contributed by atoms with Crippen LogP contribution in [0.5, 0.6) is 0 Å². The zero-order valence-electron chi connectivity index (χ0n) is 24.8. The molecule has 1 aliphatic heterocycles. The third-order valence-corrected chi connectivity index (χ3v) is 6.51. The summed E-state index contributed by atoms with van der Waals surface area (Å²) in [5.41, 5.74) is 7.24. The van der Waals surface area contributed by atoms with Crippen molar-refractivity contribution >= 4 is 46.1 Å². The number of rotatable bonds is 9. The van der Waals surface area contributed by atoms with Gasteiger partial charge in [-0.3, -0.25) is 14.5 Å². The Labute approximate surface area is 242 Å². The molecule has 11 heteroatoms. The number of allylic oxidation sites excluding steroid dienone is 6. The number of hydrogen-bond acceptors (Lipinski definition) is 6. The van der Waals surface area contributed by atoms with Gasteiger partial charge >= 0.3 is 0 Å². The van der Waals surface area contributed by atoms with E-state index in [1.165, 1.54) is 4.90 Å². The van der Waals surface area contributed by atoms with Crippen LogP contribution >= 0.6 is 15.9 Å². The molecular formula is C27H50BrN5O4S. The number of alkyl halides is 1. The summed E-state index contributed by atoms with van der Waals surface area (Å²) in [4.78, 5) is 15.3. The molecule has 9 nitrogen and oxygen atoms in total. The predicted molar refractivity (Wildman–Crippen MR) is 167 cm³/mol. The Balaban J connectivity index is -0.000000550. The number of amidine groups is 1. The second kappa shape index (κ2) is 24.9. The lowest BCUT2D eigenvalue weighted by molar-refractivity contribution is -0.115. The average molecular weight is 621 g/mol. The van der Waals surface area contributed by atoms with Crippen molar-refractivity contribution < 1.29 is 18.8 Å². The summed E-state index contributed by atoms with van der Waals surface area (Å²) in [6.45, 7) is 19.2. The standard InChI is InChI=1S/C13H21N3O2S.C9H16BrNO.C3H7NO.C2H6/c1-10(2)12-5-6-13(18-8-7-12)9-15-11(3)16-19(17)14-4;1-6(11)4-5-9(10)7(2)8(3)12;1-4(2)3-5;1-2/h6-8,10,12H,4-5,9H2,1-3H3,(H,15,16);4,9,12H,5,11H2,1-3H3;3H,1-2H3;1-2H3/b;6-4+,8-7+;;. The number of ether oxygens (including phenoxy) is 1. The fourth-order valence-corrected chi connectivity index (χ4v) is 3.20. The Morgan fingerprint density at radius 2 is 1.89 bits per heavy atom. The number of aliphatic hydroxyl groups excluding tert-OH is 1. The third kappa shape index (κ3) is 24.0. The summed E-state index contributed by atoms with van der Waals surface area (Å²) < 4.78 is 22.5. The highest BCUT2D eigenvalue weighted by molar-refractivity contribution is 9.09. The van der Waals surface area contributed by atoms with E-state index in [2.05, 4.69) is 62.8 Å². The maximum atomic E-state index is 11.1. The summed E-state index contributed by atoms with van der Waals surface area (Å²) in [5, 5.41) is 9.15. The monoisotopic (exact) mass is 619 g/mol. The van der Waals surface area contributed by atoms with Gasteiger partial charge in [-0.2, -0.15) is 4.40 Å². The molecule has 0 aromatic heterocycles. The number of amides is 1. The molecule has 0 bridgehead atoms. The van der Waals surface area contributed by atoms with Gasteiger partial charge in [-0.15, -0.1) is 0 Å². The number of halogens is 1. The molecule has 38 heavy (non-hydrogen) atoms. The predicted octanol–water partition coefficient (Wildman–Crippen LogP) is 5.95. The molecule has 0 aromatic rings. The lowest BCUT2D eigenvalue weighted by Gasteiger charge is -2.12. The van der Waals surface area contributed by atoms with E-state index < -0.39 is 11.2 Å². The zero-order valence-corrected chi connectivity index (χ0v) is 27.2. The van der Waals surface area contributed by atoms with Gasteiger partial charge in [-0.25, -0.2) is 4.21 Å². The van der Waals surface area contributed by atoms with Crippen LogP contribution in [-0.2, 0) is 20.7 Å².